The highest BCUT2D eigenvalue weighted by Gasteiger charge is 2.06. The molecule has 0 fully saturated rings. The number of benzene rings is 2. The minimum Gasteiger partial charge on any atom is -0.508 e. The first-order valence-corrected chi connectivity index (χ1v) is 5.91. The Bertz CT molecular complexity index is 501. The van der Waals surface area contributed by atoms with E-state index in [1.807, 2.05) is 13.0 Å². The summed E-state index contributed by atoms with van der Waals surface area (Å²) in [5, 5.41) is 9.99. The standard InChI is InChI=1S/C16H18O/c1-11-4-6-14(7-5-11)10-15-13(3)8-12(2)9-16(15)17/h4-9,17H,10H2,1-3H3. The van der Waals surface area contributed by atoms with Gasteiger partial charge in [-0.25, -0.2) is 0 Å². The largest absolute Gasteiger partial charge is 0.508 e. The third-order valence-corrected chi connectivity index (χ3v) is 3.10. The molecule has 2 rings (SSSR count). The molecular weight excluding hydrogens is 208 g/mol. The molecule has 0 aliphatic rings. The van der Waals surface area contributed by atoms with Crippen LogP contribution < -0.4 is 0 Å². The Balaban J connectivity index is 2.33. The zero-order valence-corrected chi connectivity index (χ0v) is 10.6. The van der Waals surface area contributed by atoms with Gasteiger partial charge in [-0.1, -0.05) is 35.9 Å². The molecule has 0 spiro atoms. The monoisotopic (exact) mass is 226 g/mol. The smallest absolute Gasteiger partial charge is 0.119 e. The maximum Gasteiger partial charge on any atom is 0.119 e. The van der Waals surface area contributed by atoms with Crippen LogP contribution in [0.3, 0.4) is 0 Å². The van der Waals surface area contributed by atoms with Gasteiger partial charge in [0, 0.05) is 12.0 Å². The summed E-state index contributed by atoms with van der Waals surface area (Å²) in [6.45, 7) is 6.14. The zero-order valence-electron chi connectivity index (χ0n) is 10.6. The molecule has 0 radical (unpaired) electrons. The highest BCUT2D eigenvalue weighted by atomic mass is 16.3. The summed E-state index contributed by atoms with van der Waals surface area (Å²) in [6, 6.07) is 12.4. The summed E-state index contributed by atoms with van der Waals surface area (Å²) in [5.74, 6) is 0.406. The molecule has 0 aliphatic carbocycles. The molecule has 1 heteroatoms. The second-order valence-corrected chi connectivity index (χ2v) is 4.74. The van der Waals surface area contributed by atoms with Crippen molar-refractivity contribution in [1.29, 1.82) is 0 Å². The highest BCUT2D eigenvalue weighted by molar-refractivity contribution is 5.44. The number of aryl methyl sites for hydroxylation is 3. The van der Waals surface area contributed by atoms with Crippen LogP contribution in [0.5, 0.6) is 5.75 Å². The zero-order chi connectivity index (χ0) is 12.4. The summed E-state index contributed by atoms with van der Waals surface area (Å²) < 4.78 is 0. The van der Waals surface area contributed by atoms with Gasteiger partial charge in [-0.05, 0) is 43.5 Å². The van der Waals surface area contributed by atoms with Gasteiger partial charge in [-0.3, -0.25) is 0 Å². The molecule has 2 aromatic rings. The molecule has 0 bridgehead atoms. The molecule has 1 N–H and O–H groups in total. The lowest BCUT2D eigenvalue weighted by Gasteiger charge is -2.10. The fraction of sp³-hybridized carbons (Fsp3) is 0.250. The van der Waals surface area contributed by atoms with Crippen LogP contribution in [0, 0.1) is 20.8 Å². The molecule has 0 unspecified atom stereocenters. The van der Waals surface area contributed by atoms with Crippen molar-refractivity contribution in [2.45, 2.75) is 27.2 Å². The molecule has 0 saturated carbocycles. The predicted octanol–water partition coefficient (Wildman–Crippen LogP) is 3.91. The third kappa shape index (κ3) is 2.68. The first-order valence-electron chi connectivity index (χ1n) is 5.91. The lowest BCUT2D eigenvalue weighted by Crippen LogP contribution is -1.94. The quantitative estimate of drug-likeness (QED) is 0.823. The molecule has 0 saturated heterocycles. The summed E-state index contributed by atoms with van der Waals surface area (Å²) in [7, 11) is 0. The topological polar surface area (TPSA) is 20.2 Å². The van der Waals surface area contributed by atoms with E-state index in [9.17, 15) is 5.11 Å². The fourth-order valence-electron chi connectivity index (χ4n) is 2.12. The van der Waals surface area contributed by atoms with Crippen molar-refractivity contribution in [1.82, 2.24) is 0 Å². The van der Waals surface area contributed by atoms with Crippen molar-refractivity contribution in [3.63, 3.8) is 0 Å². The van der Waals surface area contributed by atoms with E-state index in [4.69, 9.17) is 0 Å². The Labute approximate surface area is 103 Å². The van der Waals surface area contributed by atoms with Crippen LogP contribution >= 0.6 is 0 Å². The van der Waals surface area contributed by atoms with Crippen molar-refractivity contribution in [2.24, 2.45) is 0 Å². The van der Waals surface area contributed by atoms with Gasteiger partial charge in [-0.2, -0.15) is 0 Å². The second-order valence-electron chi connectivity index (χ2n) is 4.74. The normalized spacial score (nSPS) is 10.5. The van der Waals surface area contributed by atoms with E-state index in [0.29, 0.717) is 5.75 Å². The summed E-state index contributed by atoms with van der Waals surface area (Å²) in [4.78, 5) is 0. The number of phenols is 1. The van der Waals surface area contributed by atoms with E-state index in [1.165, 1.54) is 11.1 Å². The molecule has 0 aromatic heterocycles. The minimum atomic E-state index is 0.406. The SMILES string of the molecule is Cc1ccc(Cc2c(C)cc(C)cc2O)cc1. The Hall–Kier alpha value is -1.76. The number of phenolic OH excluding ortho intramolecular Hbond substituents is 1. The van der Waals surface area contributed by atoms with E-state index >= 15 is 0 Å². The lowest BCUT2D eigenvalue weighted by atomic mass is 9.97. The Morgan fingerprint density at radius 2 is 1.53 bits per heavy atom. The van der Waals surface area contributed by atoms with E-state index in [2.05, 4.69) is 44.2 Å². The Morgan fingerprint density at radius 3 is 2.12 bits per heavy atom. The average Bonchev–Trinajstić information content (AvgIpc) is 2.26. The van der Waals surface area contributed by atoms with Crippen molar-refractivity contribution in [3.05, 3.63) is 64.2 Å². The molecule has 0 aliphatic heterocycles. The van der Waals surface area contributed by atoms with Crippen molar-refractivity contribution in [3.8, 4) is 5.75 Å². The maximum absolute atomic E-state index is 9.99. The fourth-order valence-corrected chi connectivity index (χ4v) is 2.12. The molecule has 88 valence electrons. The van der Waals surface area contributed by atoms with E-state index < -0.39 is 0 Å². The van der Waals surface area contributed by atoms with Crippen LogP contribution in [0.4, 0.5) is 0 Å². The van der Waals surface area contributed by atoms with Gasteiger partial charge in [0.2, 0.25) is 0 Å². The van der Waals surface area contributed by atoms with Crippen LogP contribution in [0.1, 0.15) is 27.8 Å². The molecule has 2 aromatic carbocycles. The molecule has 0 atom stereocenters. The summed E-state index contributed by atoms with van der Waals surface area (Å²) in [6.07, 6.45) is 0.790. The van der Waals surface area contributed by atoms with Gasteiger partial charge in [0.15, 0.2) is 0 Å². The first kappa shape index (κ1) is 11.7. The predicted molar refractivity (Wildman–Crippen MR) is 71.6 cm³/mol. The van der Waals surface area contributed by atoms with Gasteiger partial charge in [0.25, 0.3) is 0 Å². The summed E-state index contributed by atoms with van der Waals surface area (Å²) >= 11 is 0. The van der Waals surface area contributed by atoms with Gasteiger partial charge in [0.05, 0.1) is 0 Å². The van der Waals surface area contributed by atoms with Crippen LogP contribution in [0.15, 0.2) is 36.4 Å². The second kappa shape index (κ2) is 4.62. The third-order valence-electron chi connectivity index (χ3n) is 3.10. The Kier molecular flexibility index (Phi) is 3.19. The molecule has 0 heterocycles. The number of aromatic hydroxyl groups is 1. The summed E-state index contributed by atoms with van der Waals surface area (Å²) in [5.41, 5.74) is 5.78. The van der Waals surface area contributed by atoms with E-state index in [0.717, 1.165) is 23.1 Å². The number of hydrogen-bond acceptors (Lipinski definition) is 1. The molecular formula is C16H18O. The van der Waals surface area contributed by atoms with Crippen LogP contribution in [-0.2, 0) is 6.42 Å². The van der Waals surface area contributed by atoms with Gasteiger partial charge in [-0.15, -0.1) is 0 Å². The van der Waals surface area contributed by atoms with Crippen LogP contribution in [0.2, 0.25) is 0 Å². The average molecular weight is 226 g/mol. The minimum absolute atomic E-state index is 0.406. The van der Waals surface area contributed by atoms with Gasteiger partial charge in [0.1, 0.15) is 5.75 Å². The maximum atomic E-state index is 9.99. The van der Waals surface area contributed by atoms with Crippen molar-refractivity contribution >= 4 is 0 Å². The van der Waals surface area contributed by atoms with Crippen molar-refractivity contribution in [2.75, 3.05) is 0 Å². The van der Waals surface area contributed by atoms with Gasteiger partial charge >= 0.3 is 0 Å². The van der Waals surface area contributed by atoms with Crippen LogP contribution in [0.25, 0.3) is 0 Å². The van der Waals surface area contributed by atoms with E-state index in [1.54, 1.807) is 0 Å². The Morgan fingerprint density at radius 1 is 0.882 bits per heavy atom. The number of hydrogen-bond donors (Lipinski definition) is 1. The molecule has 1 nitrogen and oxygen atoms in total. The van der Waals surface area contributed by atoms with E-state index in [-0.39, 0.29) is 0 Å². The molecule has 17 heavy (non-hydrogen) atoms. The van der Waals surface area contributed by atoms with Gasteiger partial charge < -0.3 is 5.11 Å². The lowest BCUT2D eigenvalue weighted by molar-refractivity contribution is 0.468. The van der Waals surface area contributed by atoms with Crippen LogP contribution in [-0.4, -0.2) is 5.11 Å². The van der Waals surface area contributed by atoms with Crippen molar-refractivity contribution < 1.29 is 5.11 Å². The molecule has 0 amide bonds. The number of rotatable bonds is 2. The first-order chi connectivity index (χ1) is 8.06. The highest BCUT2D eigenvalue weighted by Crippen LogP contribution is 2.25.